The number of aromatic nitrogens is 1. The Morgan fingerprint density at radius 1 is 1.09 bits per heavy atom. The van der Waals surface area contributed by atoms with E-state index in [2.05, 4.69) is 4.98 Å². The first-order valence-corrected chi connectivity index (χ1v) is 12.3. The molecule has 2 heterocycles. The van der Waals surface area contributed by atoms with Crippen LogP contribution in [-0.2, 0) is 9.59 Å². The van der Waals surface area contributed by atoms with Crippen molar-refractivity contribution in [3.63, 3.8) is 0 Å². The molecule has 35 heavy (non-hydrogen) atoms. The van der Waals surface area contributed by atoms with E-state index in [1.54, 1.807) is 54.6 Å². The van der Waals surface area contributed by atoms with E-state index >= 15 is 0 Å². The number of rotatable bonds is 6. The van der Waals surface area contributed by atoms with E-state index in [9.17, 15) is 14.7 Å². The first-order valence-electron chi connectivity index (χ1n) is 11.1. The number of hydrogen-bond acceptors (Lipinski definition) is 6. The molecule has 0 radical (unpaired) electrons. The smallest absolute Gasteiger partial charge is 0.301 e. The van der Waals surface area contributed by atoms with Crippen LogP contribution >= 0.6 is 22.9 Å². The molecular weight excluding hydrogens is 484 g/mol. The van der Waals surface area contributed by atoms with Crippen LogP contribution in [0.5, 0.6) is 5.75 Å². The number of carbonyl (C=O) groups is 2. The lowest BCUT2D eigenvalue weighted by Gasteiger charge is -2.23. The van der Waals surface area contributed by atoms with E-state index in [4.69, 9.17) is 16.3 Å². The second-order valence-corrected chi connectivity index (χ2v) is 9.51. The molecule has 176 valence electrons. The highest BCUT2D eigenvalue weighted by molar-refractivity contribution is 7.22. The number of aliphatic hydroxyl groups is 1. The van der Waals surface area contributed by atoms with Gasteiger partial charge in [-0.3, -0.25) is 14.5 Å². The SMILES string of the molecule is CCCOc1cccc(C2/C(=C(\O)c3ccccc3)C(=O)C(=O)N2c2nc3ccc(Cl)cc3s2)c1. The van der Waals surface area contributed by atoms with Gasteiger partial charge in [-0.25, -0.2) is 4.98 Å². The number of amides is 1. The Bertz CT molecular complexity index is 1460. The minimum Gasteiger partial charge on any atom is -0.507 e. The predicted molar refractivity (Wildman–Crippen MR) is 138 cm³/mol. The van der Waals surface area contributed by atoms with Crippen molar-refractivity contribution in [3.05, 3.63) is 94.5 Å². The van der Waals surface area contributed by atoms with Gasteiger partial charge in [0.1, 0.15) is 11.5 Å². The summed E-state index contributed by atoms with van der Waals surface area (Å²) in [5.74, 6) is -1.14. The number of nitrogens with zero attached hydrogens (tertiary/aromatic N) is 2. The Morgan fingerprint density at radius 3 is 2.66 bits per heavy atom. The van der Waals surface area contributed by atoms with Crippen LogP contribution in [0.25, 0.3) is 16.0 Å². The number of ketones is 1. The summed E-state index contributed by atoms with van der Waals surface area (Å²) in [5, 5.41) is 12.1. The van der Waals surface area contributed by atoms with Crippen LogP contribution in [0, 0.1) is 0 Å². The van der Waals surface area contributed by atoms with Gasteiger partial charge < -0.3 is 9.84 Å². The predicted octanol–water partition coefficient (Wildman–Crippen LogP) is 6.36. The van der Waals surface area contributed by atoms with Crippen LogP contribution in [0.2, 0.25) is 5.02 Å². The minimum absolute atomic E-state index is 0.00568. The summed E-state index contributed by atoms with van der Waals surface area (Å²) in [5.41, 5.74) is 1.75. The third-order valence-corrected chi connectivity index (χ3v) is 6.94. The fourth-order valence-corrected chi connectivity index (χ4v) is 5.35. The standard InChI is InChI=1S/C27H21ClN2O4S/c1-2-13-34-19-10-6-9-17(14-19)23-22(24(31)16-7-4-3-5-8-16)25(32)26(33)30(23)27-29-20-12-11-18(28)15-21(20)35-27/h3-12,14-15,23,31H,2,13H2,1H3/b24-22+. The summed E-state index contributed by atoms with van der Waals surface area (Å²) in [4.78, 5) is 32.7. The fourth-order valence-electron chi connectivity index (χ4n) is 4.08. The molecule has 1 unspecified atom stereocenters. The number of fused-ring (bicyclic) bond motifs is 1. The number of thiazole rings is 1. The maximum atomic E-state index is 13.4. The number of halogens is 1. The second-order valence-electron chi connectivity index (χ2n) is 8.06. The molecular formula is C27H21ClN2O4S. The highest BCUT2D eigenvalue weighted by Gasteiger charge is 2.48. The first-order chi connectivity index (χ1) is 17.0. The van der Waals surface area contributed by atoms with Crippen molar-refractivity contribution in [2.75, 3.05) is 11.5 Å². The minimum atomic E-state index is -0.878. The van der Waals surface area contributed by atoms with Crippen LogP contribution in [-0.4, -0.2) is 28.4 Å². The maximum absolute atomic E-state index is 13.4. The number of carbonyl (C=O) groups excluding carboxylic acids is 2. The quantitative estimate of drug-likeness (QED) is 0.187. The third kappa shape index (κ3) is 4.29. The Balaban J connectivity index is 1.70. The van der Waals surface area contributed by atoms with Gasteiger partial charge in [0.25, 0.3) is 5.78 Å². The number of Topliss-reactive ketones (excluding diaryl/α,β-unsaturated/α-hetero) is 1. The van der Waals surface area contributed by atoms with Crippen molar-refractivity contribution in [1.82, 2.24) is 4.98 Å². The zero-order chi connectivity index (χ0) is 24.5. The average molecular weight is 505 g/mol. The molecule has 6 nitrogen and oxygen atoms in total. The van der Waals surface area contributed by atoms with Crippen LogP contribution in [0.1, 0.15) is 30.5 Å². The summed E-state index contributed by atoms with van der Waals surface area (Å²) >= 11 is 7.41. The molecule has 0 spiro atoms. The highest BCUT2D eigenvalue weighted by Crippen LogP contribution is 2.45. The molecule has 5 rings (SSSR count). The largest absolute Gasteiger partial charge is 0.507 e. The van der Waals surface area contributed by atoms with Crippen molar-refractivity contribution < 1.29 is 19.4 Å². The van der Waals surface area contributed by atoms with Crippen molar-refractivity contribution in [1.29, 1.82) is 0 Å². The summed E-state index contributed by atoms with van der Waals surface area (Å²) < 4.78 is 6.59. The van der Waals surface area contributed by atoms with Gasteiger partial charge in [-0.2, -0.15) is 0 Å². The Hall–Kier alpha value is -3.68. The number of hydrogen-bond donors (Lipinski definition) is 1. The van der Waals surface area contributed by atoms with Crippen LogP contribution in [0.15, 0.2) is 78.4 Å². The highest BCUT2D eigenvalue weighted by atomic mass is 35.5. The summed E-state index contributed by atoms with van der Waals surface area (Å²) in [6, 6.07) is 20.3. The average Bonchev–Trinajstić information content (AvgIpc) is 3.40. The van der Waals surface area contributed by atoms with E-state index in [0.29, 0.717) is 39.2 Å². The van der Waals surface area contributed by atoms with Crippen molar-refractivity contribution in [2.24, 2.45) is 0 Å². The molecule has 1 N–H and O–H groups in total. The van der Waals surface area contributed by atoms with Gasteiger partial charge in [0.05, 0.1) is 28.4 Å². The van der Waals surface area contributed by atoms with Crippen molar-refractivity contribution in [2.45, 2.75) is 19.4 Å². The molecule has 8 heteroatoms. The summed E-state index contributed by atoms with van der Waals surface area (Å²) in [6.07, 6.45) is 0.838. The number of anilines is 1. The summed E-state index contributed by atoms with van der Waals surface area (Å²) in [6.45, 7) is 2.55. The maximum Gasteiger partial charge on any atom is 0.301 e. The molecule has 1 amide bonds. The number of aliphatic hydroxyl groups excluding tert-OH is 1. The van der Waals surface area contributed by atoms with Crippen LogP contribution < -0.4 is 9.64 Å². The molecule has 4 aromatic rings. The lowest BCUT2D eigenvalue weighted by molar-refractivity contribution is -0.132. The van der Waals surface area contributed by atoms with Crippen LogP contribution in [0.3, 0.4) is 0 Å². The van der Waals surface area contributed by atoms with E-state index in [1.165, 1.54) is 16.2 Å². The van der Waals surface area contributed by atoms with E-state index in [0.717, 1.165) is 11.1 Å². The van der Waals surface area contributed by atoms with Gasteiger partial charge in [0.15, 0.2) is 5.13 Å². The molecule has 1 aromatic heterocycles. The Kier molecular flexibility index (Phi) is 6.28. The molecule has 1 aliphatic rings. The zero-order valence-electron chi connectivity index (χ0n) is 18.8. The topological polar surface area (TPSA) is 79.7 Å². The van der Waals surface area contributed by atoms with Gasteiger partial charge in [0, 0.05) is 10.6 Å². The number of benzene rings is 3. The van der Waals surface area contributed by atoms with Gasteiger partial charge in [-0.1, -0.05) is 72.3 Å². The molecule has 0 bridgehead atoms. The molecule has 1 aliphatic heterocycles. The molecule has 0 aliphatic carbocycles. The Labute approximate surface area is 211 Å². The molecule has 1 fully saturated rings. The van der Waals surface area contributed by atoms with Gasteiger partial charge in [0.2, 0.25) is 0 Å². The lowest BCUT2D eigenvalue weighted by Crippen LogP contribution is -2.29. The van der Waals surface area contributed by atoms with Gasteiger partial charge in [-0.05, 0) is 42.3 Å². The van der Waals surface area contributed by atoms with Gasteiger partial charge >= 0.3 is 5.91 Å². The molecule has 1 saturated heterocycles. The lowest BCUT2D eigenvalue weighted by atomic mass is 9.95. The summed E-state index contributed by atoms with van der Waals surface area (Å²) in [7, 11) is 0. The first kappa shape index (κ1) is 23.1. The van der Waals surface area contributed by atoms with E-state index < -0.39 is 17.7 Å². The van der Waals surface area contributed by atoms with E-state index in [1.807, 2.05) is 25.1 Å². The van der Waals surface area contributed by atoms with Crippen LogP contribution in [0.4, 0.5) is 5.13 Å². The zero-order valence-corrected chi connectivity index (χ0v) is 20.3. The Morgan fingerprint density at radius 2 is 1.89 bits per heavy atom. The second kappa shape index (κ2) is 9.52. The molecule has 1 atom stereocenters. The van der Waals surface area contributed by atoms with Crippen molar-refractivity contribution in [3.8, 4) is 5.75 Å². The molecule has 3 aromatic carbocycles. The number of ether oxygens (including phenoxy) is 1. The monoisotopic (exact) mass is 504 g/mol. The van der Waals surface area contributed by atoms with Crippen molar-refractivity contribution >= 4 is 55.7 Å². The third-order valence-electron chi connectivity index (χ3n) is 5.68. The van der Waals surface area contributed by atoms with Gasteiger partial charge in [-0.15, -0.1) is 0 Å². The molecule has 0 saturated carbocycles. The van der Waals surface area contributed by atoms with E-state index in [-0.39, 0.29) is 11.3 Å². The normalized spacial score (nSPS) is 17.3. The fraction of sp³-hybridized carbons (Fsp3) is 0.148.